The third-order valence-electron chi connectivity index (χ3n) is 5.20. The summed E-state index contributed by atoms with van der Waals surface area (Å²) in [5.74, 6) is -1.32. The van der Waals surface area contributed by atoms with Gasteiger partial charge in [-0.25, -0.2) is 13.2 Å². The van der Waals surface area contributed by atoms with Crippen LogP contribution in [0.3, 0.4) is 0 Å². The standard InChI is InChI=1S/C21H22F3N3O4S/c1-4-5-10-32(30,31)18-12-17-16(26(2)20(29)27(17)3)11-15(18)25-19(28)13-8-6-7-9-14(13)21(22,23)24/h6-9,11-12H,4-5,10H2,1-3H3,(H,25,28). The largest absolute Gasteiger partial charge is 0.417 e. The fourth-order valence-corrected chi connectivity index (χ4v) is 5.07. The molecule has 0 bridgehead atoms. The van der Waals surface area contributed by atoms with E-state index in [4.69, 9.17) is 0 Å². The van der Waals surface area contributed by atoms with Crippen LogP contribution in [0.5, 0.6) is 0 Å². The van der Waals surface area contributed by atoms with Crippen molar-refractivity contribution in [2.24, 2.45) is 14.1 Å². The van der Waals surface area contributed by atoms with E-state index in [2.05, 4.69) is 5.32 Å². The van der Waals surface area contributed by atoms with E-state index in [9.17, 15) is 31.2 Å². The number of aryl methyl sites for hydroxylation is 2. The third-order valence-corrected chi connectivity index (χ3v) is 7.03. The summed E-state index contributed by atoms with van der Waals surface area (Å²) in [4.78, 5) is 24.8. The van der Waals surface area contributed by atoms with E-state index >= 15 is 0 Å². The van der Waals surface area contributed by atoms with Crippen LogP contribution < -0.4 is 11.0 Å². The van der Waals surface area contributed by atoms with Gasteiger partial charge in [-0.1, -0.05) is 25.5 Å². The highest BCUT2D eigenvalue weighted by molar-refractivity contribution is 7.91. The first kappa shape index (κ1) is 23.6. The zero-order chi connectivity index (χ0) is 23.8. The molecule has 7 nitrogen and oxygen atoms in total. The summed E-state index contributed by atoms with van der Waals surface area (Å²) < 4.78 is 68.5. The van der Waals surface area contributed by atoms with Crippen molar-refractivity contribution in [2.75, 3.05) is 11.1 Å². The van der Waals surface area contributed by atoms with Crippen molar-refractivity contribution in [2.45, 2.75) is 30.8 Å². The number of hydrogen-bond acceptors (Lipinski definition) is 4. The molecule has 0 atom stereocenters. The molecule has 32 heavy (non-hydrogen) atoms. The van der Waals surface area contributed by atoms with Gasteiger partial charge in [0.2, 0.25) is 0 Å². The van der Waals surface area contributed by atoms with Gasteiger partial charge < -0.3 is 5.32 Å². The Kier molecular flexibility index (Phi) is 6.23. The van der Waals surface area contributed by atoms with Crippen LogP contribution in [0.15, 0.2) is 46.1 Å². The van der Waals surface area contributed by atoms with Crippen molar-refractivity contribution >= 4 is 32.5 Å². The van der Waals surface area contributed by atoms with Crippen LogP contribution in [-0.4, -0.2) is 29.2 Å². The number of rotatable bonds is 6. The van der Waals surface area contributed by atoms with Gasteiger partial charge in [0.25, 0.3) is 5.91 Å². The Morgan fingerprint density at radius 3 is 2.25 bits per heavy atom. The van der Waals surface area contributed by atoms with E-state index in [-0.39, 0.29) is 16.3 Å². The maximum atomic E-state index is 13.3. The maximum absolute atomic E-state index is 13.3. The van der Waals surface area contributed by atoms with Gasteiger partial charge >= 0.3 is 11.9 Å². The predicted molar refractivity (Wildman–Crippen MR) is 115 cm³/mol. The smallest absolute Gasteiger partial charge is 0.321 e. The molecule has 0 saturated carbocycles. The average molecular weight is 469 g/mol. The lowest BCUT2D eigenvalue weighted by Crippen LogP contribution is -2.20. The molecule has 1 heterocycles. The molecule has 172 valence electrons. The zero-order valence-corrected chi connectivity index (χ0v) is 18.5. The van der Waals surface area contributed by atoms with Crippen LogP contribution in [0, 0.1) is 0 Å². The first-order chi connectivity index (χ1) is 14.9. The molecule has 0 fully saturated rings. The Balaban J connectivity index is 2.19. The highest BCUT2D eigenvalue weighted by Crippen LogP contribution is 2.33. The minimum absolute atomic E-state index is 0.184. The second-order valence-electron chi connectivity index (χ2n) is 7.41. The number of imidazole rings is 1. The highest BCUT2D eigenvalue weighted by Gasteiger charge is 2.35. The second kappa shape index (κ2) is 8.45. The van der Waals surface area contributed by atoms with Crippen LogP contribution in [0.1, 0.15) is 35.7 Å². The number of benzene rings is 2. The minimum Gasteiger partial charge on any atom is -0.321 e. The first-order valence-electron chi connectivity index (χ1n) is 9.78. The van der Waals surface area contributed by atoms with Crippen LogP contribution in [0.4, 0.5) is 18.9 Å². The van der Waals surface area contributed by atoms with Crippen LogP contribution in [-0.2, 0) is 30.1 Å². The molecule has 0 unspecified atom stereocenters. The second-order valence-corrected chi connectivity index (χ2v) is 9.49. The maximum Gasteiger partial charge on any atom is 0.417 e. The summed E-state index contributed by atoms with van der Waals surface area (Å²) in [7, 11) is -0.943. The van der Waals surface area contributed by atoms with E-state index in [0.717, 1.165) is 18.2 Å². The molecule has 0 spiro atoms. The number of carbonyl (C=O) groups excluding carboxylic acids is 1. The predicted octanol–water partition coefficient (Wildman–Crippen LogP) is 3.72. The van der Waals surface area contributed by atoms with E-state index in [0.29, 0.717) is 23.9 Å². The van der Waals surface area contributed by atoms with Crippen LogP contribution >= 0.6 is 0 Å². The van der Waals surface area contributed by atoms with Gasteiger partial charge in [-0.2, -0.15) is 13.2 Å². The Hall–Kier alpha value is -3.08. The summed E-state index contributed by atoms with van der Waals surface area (Å²) in [6.45, 7) is 1.82. The lowest BCUT2D eigenvalue weighted by atomic mass is 10.1. The van der Waals surface area contributed by atoms with Gasteiger partial charge in [0, 0.05) is 14.1 Å². The molecule has 1 aromatic heterocycles. The Morgan fingerprint density at radius 2 is 1.66 bits per heavy atom. The molecular formula is C21H22F3N3O4S. The fourth-order valence-electron chi connectivity index (χ4n) is 3.44. The van der Waals surface area contributed by atoms with Gasteiger partial charge in [0.15, 0.2) is 9.84 Å². The molecule has 1 amide bonds. The number of alkyl halides is 3. The summed E-state index contributed by atoms with van der Waals surface area (Å²) >= 11 is 0. The number of sulfone groups is 1. The molecular weight excluding hydrogens is 447 g/mol. The number of aromatic nitrogens is 2. The summed E-state index contributed by atoms with van der Waals surface area (Å²) in [5, 5.41) is 2.33. The fraction of sp³-hybridized carbons (Fsp3) is 0.333. The van der Waals surface area contributed by atoms with Gasteiger partial charge in [-0.3, -0.25) is 13.9 Å². The number of halogens is 3. The molecule has 2 aromatic carbocycles. The number of nitrogens with one attached hydrogen (secondary N) is 1. The molecule has 0 aliphatic carbocycles. The topological polar surface area (TPSA) is 90.2 Å². The molecule has 0 aliphatic heterocycles. The van der Waals surface area contributed by atoms with Gasteiger partial charge in [0.05, 0.1) is 38.5 Å². The lowest BCUT2D eigenvalue weighted by Gasteiger charge is -2.15. The average Bonchev–Trinajstić information content (AvgIpc) is 2.94. The third kappa shape index (κ3) is 4.29. The number of carbonyl (C=O) groups is 1. The molecule has 0 radical (unpaired) electrons. The van der Waals surface area contributed by atoms with Crippen LogP contribution in [0.25, 0.3) is 11.0 Å². The number of unbranched alkanes of at least 4 members (excludes halogenated alkanes) is 1. The number of nitrogens with zero attached hydrogens (tertiary/aromatic N) is 2. The van der Waals surface area contributed by atoms with Crippen LogP contribution in [0.2, 0.25) is 0 Å². The first-order valence-corrected chi connectivity index (χ1v) is 11.4. The molecule has 11 heteroatoms. The summed E-state index contributed by atoms with van der Waals surface area (Å²) in [5.41, 5.74) is -1.73. The van der Waals surface area contributed by atoms with Crippen molar-refractivity contribution in [3.05, 3.63) is 58.0 Å². The molecule has 0 saturated heterocycles. The van der Waals surface area contributed by atoms with E-state index in [1.54, 1.807) is 0 Å². The normalized spacial score (nSPS) is 12.3. The quantitative estimate of drug-likeness (QED) is 0.596. The number of fused-ring (bicyclic) bond motifs is 1. The highest BCUT2D eigenvalue weighted by atomic mass is 32.2. The van der Waals surface area contributed by atoms with E-state index in [1.165, 1.54) is 41.4 Å². The Morgan fingerprint density at radius 1 is 1.06 bits per heavy atom. The Labute approximate surface area is 182 Å². The van der Waals surface area contributed by atoms with Crippen molar-refractivity contribution in [1.82, 2.24) is 9.13 Å². The minimum atomic E-state index is -4.77. The number of anilines is 1. The van der Waals surface area contributed by atoms with E-state index in [1.807, 2.05) is 6.92 Å². The van der Waals surface area contributed by atoms with Gasteiger partial charge in [0.1, 0.15) is 0 Å². The molecule has 3 rings (SSSR count). The molecule has 3 aromatic rings. The van der Waals surface area contributed by atoms with E-state index < -0.39 is 38.7 Å². The van der Waals surface area contributed by atoms with Gasteiger partial charge in [-0.05, 0) is 30.7 Å². The Bertz CT molecular complexity index is 1360. The SMILES string of the molecule is CCCCS(=O)(=O)c1cc2c(cc1NC(=O)c1ccccc1C(F)(F)F)n(C)c(=O)n2C. The monoisotopic (exact) mass is 469 g/mol. The van der Waals surface area contributed by atoms with Crippen molar-refractivity contribution in [1.29, 1.82) is 0 Å². The van der Waals surface area contributed by atoms with Crippen molar-refractivity contribution < 1.29 is 26.4 Å². The lowest BCUT2D eigenvalue weighted by molar-refractivity contribution is -0.137. The number of amides is 1. The summed E-state index contributed by atoms with van der Waals surface area (Å²) in [6, 6.07) is 6.80. The van der Waals surface area contributed by atoms with Crippen molar-refractivity contribution in [3.8, 4) is 0 Å². The summed E-state index contributed by atoms with van der Waals surface area (Å²) in [6.07, 6.45) is -3.80. The molecule has 0 aliphatic rings. The zero-order valence-electron chi connectivity index (χ0n) is 17.7. The number of hydrogen-bond donors (Lipinski definition) is 1. The van der Waals surface area contributed by atoms with Crippen molar-refractivity contribution in [3.63, 3.8) is 0 Å². The molecule has 1 N–H and O–H groups in total. The van der Waals surface area contributed by atoms with Gasteiger partial charge in [-0.15, -0.1) is 0 Å².